The molecular weight excluding hydrogens is 232 g/mol. The first-order valence-electron chi connectivity index (χ1n) is 8.90. The van der Waals surface area contributed by atoms with Crippen LogP contribution in [0.2, 0.25) is 0 Å². The Balaban J connectivity index is 1.34. The van der Waals surface area contributed by atoms with E-state index in [1.807, 2.05) is 0 Å². The molecule has 19 heavy (non-hydrogen) atoms. The fourth-order valence-corrected chi connectivity index (χ4v) is 5.59. The Morgan fingerprint density at radius 1 is 0.842 bits per heavy atom. The summed E-state index contributed by atoms with van der Waals surface area (Å²) in [6.07, 6.45) is 14.9. The van der Waals surface area contributed by atoms with Crippen molar-refractivity contribution in [3.05, 3.63) is 0 Å². The average molecular weight is 262 g/mol. The third kappa shape index (κ3) is 2.47. The zero-order chi connectivity index (χ0) is 12.7. The van der Waals surface area contributed by atoms with Gasteiger partial charge in [-0.15, -0.1) is 0 Å². The molecule has 5 atom stereocenters. The van der Waals surface area contributed by atoms with E-state index in [9.17, 15) is 0 Å². The van der Waals surface area contributed by atoms with E-state index < -0.39 is 0 Å². The lowest BCUT2D eigenvalue weighted by atomic mass is 9.84. The van der Waals surface area contributed by atoms with Crippen LogP contribution in [0.15, 0.2) is 0 Å². The van der Waals surface area contributed by atoms with Crippen molar-refractivity contribution in [2.75, 3.05) is 13.1 Å². The molecule has 2 heteroatoms. The summed E-state index contributed by atoms with van der Waals surface area (Å²) in [7, 11) is 0. The monoisotopic (exact) mass is 262 g/mol. The molecule has 4 rings (SSSR count). The summed E-state index contributed by atoms with van der Waals surface area (Å²) >= 11 is 0. The molecule has 2 saturated heterocycles. The normalized spacial score (nSPS) is 47.1. The topological polar surface area (TPSA) is 15.3 Å². The predicted molar refractivity (Wildman–Crippen MR) is 79.2 cm³/mol. The Morgan fingerprint density at radius 3 is 2.53 bits per heavy atom. The van der Waals surface area contributed by atoms with Gasteiger partial charge in [0.2, 0.25) is 0 Å². The lowest BCUT2D eigenvalue weighted by molar-refractivity contribution is 0.169. The van der Waals surface area contributed by atoms with Crippen molar-refractivity contribution in [2.45, 2.75) is 82.3 Å². The molecule has 0 bridgehead atoms. The Labute approximate surface area is 118 Å². The van der Waals surface area contributed by atoms with Crippen molar-refractivity contribution in [3.63, 3.8) is 0 Å². The van der Waals surface area contributed by atoms with Crippen LogP contribution in [0.3, 0.4) is 0 Å². The summed E-state index contributed by atoms with van der Waals surface area (Å²) < 4.78 is 0. The van der Waals surface area contributed by atoms with Crippen molar-refractivity contribution in [3.8, 4) is 0 Å². The third-order valence-corrected chi connectivity index (χ3v) is 6.53. The fraction of sp³-hybridized carbons (Fsp3) is 1.00. The second-order valence-corrected chi connectivity index (χ2v) is 7.65. The summed E-state index contributed by atoms with van der Waals surface area (Å²) in [6, 6.07) is 2.65. The molecule has 0 aromatic carbocycles. The maximum Gasteiger partial charge on any atom is 0.0201 e. The van der Waals surface area contributed by atoms with Gasteiger partial charge in [0, 0.05) is 24.7 Å². The van der Waals surface area contributed by atoms with Crippen molar-refractivity contribution in [2.24, 2.45) is 11.8 Å². The zero-order valence-electron chi connectivity index (χ0n) is 12.3. The van der Waals surface area contributed by atoms with E-state index >= 15 is 0 Å². The quantitative estimate of drug-likeness (QED) is 0.822. The molecule has 2 nitrogen and oxygen atoms in total. The highest BCUT2D eigenvalue weighted by Gasteiger charge is 2.40. The summed E-state index contributed by atoms with van der Waals surface area (Å²) in [5, 5.41) is 3.97. The van der Waals surface area contributed by atoms with Crippen LogP contribution in [0.1, 0.15) is 64.2 Å². The van der Waals surface area contributed by atoms with Crippen LogP contribution in [-0.2, 0) is 0 Å². The van der Waals surface area contributed by atoms with Crippen molar-refractivity contribution in [1.82, 2.24) is 10.2 Å². The molecule has 4 aliphatic rings. The summed E-state index contributed by atoms with van der Waals surface area (Å²) in [4.78, 5) is 2.86. The molecule has 5 unspecified atom stereocenters. The molecule has 0 spiro atoms. The van der Waals surface area contributed by atoms with Gasteiger partial charge in [-0.25, -0.2) is 0 Å². The van der Waals surface area contributed by atoms with Gasteiger partial charge in [-0.1, -0.05) is 25.7 Å². The first kappa shape index (κ1) is 12.6. The van der Waals surface area contributed by atoms with Crippen molar-refractivity contribution >= 4 is 0 Å². The van der Waals surface area contributed by atoms with Crippen LogP contribution in [0.25, 0.3) is 0 Å². The van der Waals surface area contributed by atoms with Gasteiger partial charge in [0.1, 0.15) is 0 Å². The molecule has 108 valence electrons. The van der Waals surface area contributed by atoms with Crippen LogP contribution < -0.4 is 5.32 Å². The van der Waals surface area contributed by atoms with Gasteiger partial charge in [-0.2, -0.15) is 0 Å². The smallest absolute Gasteiger partial charge is 0.0201 e. The predicted octanol–water partition coefficient (Wildman–Crippen LogP) is 3.17. The van der Waals surface area contributed by atoms with Gasteiger partial charge in [-0.3, -0.25) is 4.90 Å². The molecule has 2 aliphatic heterocycles. The fourth-order valence-electron chi connectivity index (χ4n) is 5.59. The first-order chi connectivity index (χ1) is 9.40. The van der Waals surface area contributed by atoms with Crippen LogP contribution in [0.4, 0.5) is 0 Å². The van der Waals surface area contributed by atoms with E-state index in [2.05, 4.69) is 10.2 Å². The van der Waals surface area contributed by atoms with Gasteiger partial charge in [0.15, 0.2) is 0 Å². The average Bonchev–Trinajstić information content (AvgIpc) is 3.03. The lowest BCUT2D eigenvalue weighted by Gasteiger charge is -2.33. The third-order valence-electron chi connectivity index (χ3n) is 6.53. The molecule has 0 amide bonds. The number of rotatable bonds is 2. The van der Waals surface area contributed by atoms with Gasteiger partial charge < -0.3 is 5.32 Å². The second kappa shape index (κ2) is 5.37. The van der Waals surface area contributed by atoms with Gasteiger partial charge in [-0.05, 0) is 56.9 Å². The lowest BCUT2D eigenvalue weighted by Crippen LogP contribution is -2.44. The maximum atomic E-state index is 3.97. The van der Waals surface area contributed by atoms with E-state index in [4.69, 9.17) is 0 Å². The largest absolute Gasteiger partial charge is 0.310 e. The van der Waals surface area contributed by atoms with Gasteiger partial charge >= 0.3 is 0 Å². The SMILES string of the molecule is C1CCC2NC(CN3CCC4CCCCC43)CC2C1. The number of likely N-dealkylation sites (tertiary alicyclic amines) is 1. The molecular formula is C17H30N2. The summed E-state index contributed by atoms with van der Waals surface area (Å²) in [5.41, 5.74) is 0. The van der Waals surface area contributed by atoms with E-state index in [0.29, 0.717) is 0 Å². The summed E-state index contributed by atoms with van der Waals surface area (Å²) in [6.45, 7) is 2.75. The van der Waals surface area contributed by atoms with E-state index in [0.717, 1.165) is 30.0 Å². The molecule has 2 aliphatic carbocycles. The number of fused-ring (bicyclic) bond motifs is 2. The highest BCUT2D eigenvalue weighted by Crippen LogP contribution is 2.38. The van der Waals surface area contributed by atoms with Crippen LogP contribution in [-0.4, -0.2) is 36.1 Å². The minimum Gasteiger partial charge on any atom is -0.310 e. The Kier molecular flexibility index (Phi) is 3.57. The Hall–Kier alpha value is -0.0800. The number of nitrogens with one attached hydrogen (secondary N) is 1. The maximum absolute atomic E-state index is 3.97. The molecule has 2 heterocycles. The minimum absolute atomic E-state index is 0.814. The highest BCUT2D eigenvalue weighted by atomic mass is 15.2. The molecule has 4 fully saturated rings. The van der Waals surface area contributed by atoms with Crippen LogP contribution in [0, 0.1) is 11.8 Å². The molecule has 2 saturated carbocycles. The van der Waals surface area contributed by atoms with Gasteiger partial charge in [0.25, 0.3) is 0 Å². The Morgan fingerprint density at radius 2 is 1.63 bits per heavy atom. The molecule has 1 N–H and O–H groups in total. The van der Waals surface area contributed by atoms with Gasteiger partial charge in [0.05, 0.1) is 0 Å². The van der Waals surface area contributed by atoms with E-state index in [1.54, 1.807) is 0 Å². The van der Waals surface area contributed by atoms with E-state index in [-0.39, 0.29) is 0 Å². The first-order valence-corrected chi connectivity index (χ1v) is 8.90. The van der Waals surface area contributed by atoms with Crippen LogP contribution in [0.5, 0.6) is 0 Å². The number of hydrogen-bond acceptors (Lipinski definition) is 2. The summed E-state index contributed by atoms with van der Waals surface area (Å²) in [5.74, 6) is 2.07. The van der Waals surface area contributed by atoms with Crippen molar-refractivity contribution < 1.29 is 0 Å². The van der Waals surface area contributed by atoms with Crippen molar-refractivity contribution in [1.29, 1.82) is 0 Å². The molecule has 0 aromatic rings. The second-order valence-electron chi connectivity index (χ2n) is 7.65. The zero-order valence-corrected chi connectivity index (χ0v) is 12.3. The standard InChI is InChI=1S/C17H30N2/c1-3-7-16-14(6-1)11-15(18-16)12-19-10-9-13-5-2-4-8-17(13)19/h13-18H,1-12H2. The number of hydrogen-bond donors (Lipinski definition) is 1. The Bertz CT molecular complexity index is 302. The molecule has 0 aromatic heterocycles. The minimum atomic E-state index is 0.814. The highest BCUT2D eigenvalue weighted by molar-refractivity contribution is 4.97. The number of nitrogens with zero attached hydrogens (tertiary/aromatic N) is 1. The van der Waals surface area contributed by atoms with E-state index in [1.165, 1.54) is 77.3 Å². The van der Waals surface area contributed by atoms with Crippen LogP contribution >= 0.6 is 0 Å². The molecule has 0 radical (unpaired) electrons.